The highest BCUT2D eigenvalue weighted by atomic mass is 16.5. The molecule has 0 radical (unpaired) electrons. The highest BCUT2D eigenvalue weighted by molar-refractivity contribution is 5.97. The third-order valence-corrected chi connectivity index (χ3v) is 7.54. The van der Waals surface area contributed by atoms with E-state index in [2.05, 4.69) is 10.3 Å². The van der Waals surface area contributed by atoms with E-state index in [4.69, 9.17) is 4.74 Å². The van der Waals surface area contributed by atoms with Gasteiger partial charge in [0.05, 0.1) is 19.2 Å². The van der Waals surface area contributed by atoms with Crippen molar-refractivity contribution in [2.75, 3.05) is 26.7 Å². The highest BCUT2D eigenvalue weighted by Gasteiger charge is 2.35. The van der Waals surface area contributed by atoms with Gasteiger partial charge in [0.2, 0.25) is 5.88 Å². The van der Waals surface area contributed by atoms with Gasteiger partial charge in [0.1, 0.15) is 11.7 Å². The van der Waals surface area contributed by atoms with Crippen LogP contribution in [0.5, 0.6) is 5.88 Å². The molecule has 2 N–H and O–H groups in total. The largest absolute Gasteiger partial charge is 0.472 e. The van der Waals surface area contributed by atoms with Crippen LogP contribution in [0.4, 0.5) is 4.79 Å². The lowest BCUT2D eigenvalue weighted by Crippen LogP contribution is -2.52. The minimum absolute atomic E-state index is 0.0921. The number of benzene rings is 1. The second-order valence-electron chi connectivity index (χ2n) is 10.7. The molecule has 8 heteroatoms. The molecule has 3 amide bonds. The number of hydrogen-bond donors (Lipinski definition) is 2. The first-order valence-electron chi connectivity index (χ1n) is 13.7. The Labute approximate surface area is 225 Å². The number of likely N-dealkylation sites (N-methyl/N-ethyl adjacent to an activating group) is 1. The lowest BCUT2D eigenvalue weighted by molar-refractivity contribution is 0.0351. The van der Waals surface area contributed by atoms with Crippen molar-refractivity contribution in [1.82, 2.24) is 20.1 Å². The third-order valence-electron chi connectivity index (χ3n) is 7.54. The average molecular weight is 521 g/mol. The van der Waals surface area contributed by atoms with Crippen molar-refractivity contribution in [3.05, 3.63) is 59.3 Å². The summed E-state index contributed by atoms with van der Waals surface area (Å²) in [5.41, 5.74) is 2.17. The predicted molar refractivity (Wildman–Crippen MR) is 149 cm³/mol. The lowest BCUT2D eigenvalue weighted by Gasteiger charge is -2.38. The Morgan fingerprint density at radius 1 is 1.21 bits per heavy atom. The van der Waals surface area contributed by atoms with E-state index in [-0.39, 0.29) is 48.5 Å². The van der Waals surface area contributed by atoms with E-state index < -0.39 is 0 Å². The highest BCUT2D eigenvalue weighted by Crippen LogP contribution is 2.28. The number of carbonyl (C=O) groups is 2. The molecule has 0 bridgehead atoms. The van der Waals surface area contributed by atoms with Gasteiger partial charge < -0.3 is 25.0 Å². The summed E-state index contributed by atoms with van der Waals surface area (Å²) in [6, 6.07) is 11.4. The summed E-state index contributed by atoms with van der Waals surface area (Å²) < 4.78 is 6.34. The molecule has 38 heavy (non-hydrogen) atoms. The number of hydrogen-bond acceptors (Lipinski definition) is 5. The average Bonchev–Trinajstić information content (AvgIpc) is 2.94. The van der Waals surface area contributed by atoms with Gasteiger partial charge in [-0.1, -0.05) is 68.7 Å². The van der Waals surface area contributed by atoms with Crippen LogP contribution in [0.15, 0.2) is 42.6 Å². The number of fused-ring (bicyclic) bond motifs is 1. The van der Waals surface area contributed by atoms with E-state index >= 15 is 0 Å². The van der Waals surface area contributed by atoms with Crippen LogP contribution in [0.25, 0.3) is 12.2 Å². The summed E-state index contributed by atoms with van der Waals surface area (Å²) in [6.45, 7) is 4.44. The molecule has 3 atom stereocenters. The zero-order chi connectivity index (χ0) is 27.1. The molecule has 2 heterocycles. The molecule has 1 aromatic carbocycles. The summed E-state index contributed by atoms with van der Waals surface area (Å²) in [7, 11) is 1.78. The first kappa shape index (κ1) is 27.6. The van der Waals surface area contributed by atoms with Crippen molar-refractivity contribution in [2.24, 2.45) is 5.92 Å². The summed E-state index contributed by atoms with van der Waals surface area (Å²) >= 11 is 0. The van der Waals surface area contributed by atoms with Crippen molar-refractivity contribution in [1.29, 1.82) is 0 Å². The molecule has 8 nitrogen and oxygen atoms in total. The minimum Gasteiger partial charge on any atom is -0.472 e. The van der Waals surface area contributed by atoms with E-state index in [1.807, 2.05) is 56.3 Å². The summed E-state index contributed by atoms with van der Waals surface area (Å²) in [6.07, 6.45) is 10.8. The van der Waals surface area contributed by atoms with Crippen molar-refractivity contribution in [3.8, 4) is 5.88 Å². The molecule has 0 unspecified atom stereocenters. The maximum atomic E-state index is 13.6. The fourth-order valence-corrected chi connectivity index (χ4v) is 5.07. The first-order valence-corrected chi connectivity index (χ1v) is 13.7. The maximum Gasteiger partial charge on any atom is 0.317 e. The van der Waals surface area contributed by atoms with Crippen molar-refractivity contribution in [2.45, 2.75) is 64.1 Å². The van der Waals surface area contributed by atoms with Crippen molar-refractivity contribution in [3.63, 3.8) is 0 Å². The van der Waals surface area contributed by atoms with Crippen molar-refractivity contribution >= 4 is 24.1 Å². The fourth-order valence-electron chi connectivity index (χ4n) is 5.07. The van der Waals surface area contributed by atoms with Gasteiger partial charge in [-0.05, 0) is 37.0 Å². The van der Waals surface area contributed by atoms with Crippen LogP contribution < -0.4 is 10.1 Å². The van der Waals surface area contributed by atoms with Crippen molar-refractivity contribution < 1.29 is 19.4 Å². The summed E-state index contributed by atoms with van der Waals surface area (Å²) in [5.74, 6) is -0.0668. The van der Waals surface area contributed by atoms with Gasteiger partial charge in [-0.2, -0.15) is 0 Å². The Kier molecular flexibility index (Phi) is 9.39. The Hall–Kier alpha value is -3.39. The van der Waals surface area contributed by atoms with Crippen LogP contribution in [-0.2, 0) is 0 Å². The number of aliphatic hydroxyl groups excluding tert-OH is 1. The van der Waals surface area contributed by atoms with Crippen LogP contribution in [0, 0.1) is 5.92 Å². The topological polar surface area (TPSA) is 95.0 Å². The molecular weight excluding hydrogens is 480 g/mol. The third kappa shape index (κ3) is 6.92. The van der Waals surface area contributed by atoms with Gasteiger partial charge in [-0.3, -0.25) is 4.79 Å². The van der Waals surface area contributed by atoms with Crippen LogP contribution in [0.3, 0.4) is 0 Å². The van der Waals surface area contributed by atoms with Gasteiger partial charge in [0.25, 0.3) is 5.91 Å². The number of aromatic nitrogens is 1. The summed E-state index contributed by atoms with van der Waals surface area (Å²) in [5, 5.41) is 13.1. The lowest BCUT2D eigenvalue weighted by atomic mass is 9.96. The number of amides is 3. The van der Waals surface area contributed by atoms with Crippen LogP contribution in [0.1, 0.15) is 67.4 Å². The Balaban J connectivity index is 1.56. The zero-order valence-corrected chi connectivity index (χ0v) is 22.7. The van der Waals surface area contributed by atoms with Gasteiger partial charge in [0.15, 0.2) is 0 Å². The van der Waals surface area contributed by atoms with Crippen LogP contribution >= 0.6 is 0 Å². The Morgan fingerprint density at radius 3 is 2.63 bits per heavy atom. The standard InChI is InChI=1S/C30H40N4O4/c1-21-18-34(22(2)20-35)29(36)26-16-24(15-14-23-10-6-4-7-11-23)17-31-28(26)38-27(21)19-33(3)30(37)32-25-12-8-5-9-13-25/h4,6-7,10-11,14-17,21-22,25,27,35H,5,8-9,12-13,18-20H2,1-3H3,(H,32,37)/t21-,22-,27-/m1/s1. The zero-order valence-electron chi connectivity index (χ0n) is 22.7. The number of urea groups is 1. The molecule has 1 saturated carbocycles. The molecule has 2 aliphatic rings. The molecule has 1 aromatic heterocycles. The van der Waals surface area contributed by atoms with Crippen LogP contribution in [0.2, 0.25) is 0 Å². The number of nitrogens with zero attached hydrogens (tertiary/aromatic N) is 3. The van der Waals surface area contributed by atoms with E-state index in [0.29, 0.717) is 18.7 Å². The summed E-state index contributed by atoms with van der Waals surface area (Å²) in [4.78, 5) is 34.4. The number of rotatable bonds is 7. The second kappa shape index (κ2) is 12.9. The van der Waals surface area contributed by atoms with Gasteiger partial charge in [-0.15, -0.1) is 0 Å². The molecule has 4 rings (SSSR count). The smallest absolute Gasteiger partial charge is 0.317 e. The number of pyridine rings is 1. The van der Waals surface area contributed by atoms with E-state index in [1.165, 1.54) is 6.42 Å². The second-order valence-corrected chi connectivity index (χ2v) is 10.7. The van der Waals surface area contributed by atoms with E-state index in [1.54, 1.807) is 29.1 Å². The van der Waals surface area contributed by atoms with Gasteiger partial charge in [0, 0.05) is 31.7 Å². The minimum atomic E-state index is -0.379. The quantitative estimate of drug-likeness (QED) is 0.563. The fraction of sp³-hybridized carbons (Fsp3) is 0.500. The predicted octanol–water partition coefficient (Wildman–Crippen LogP) is 4.45. The van der Waals surface area contributed by atoms with E-state index in [9.17, 15) is 14.7 Å². The van der Waals surface area contributed by atoms with Gasteiger partial charge >= 0.3 is 6.03 Å². The number of aliphatic hydroxyl groups is 1. The number of nitrogens with one attached hydrogen (secondary N) is 1. The molecule has 0 spiro atoms. The molecule has 1 aliphatic heterocycles. The molecule has 0 saturated heterocycles. The molecule has 204 valence electrons. The molecular formula is C30H40N4O4. The molecule has 2 aromatic rings. The Bertz CT molecular complexity index is 1120. The SMILES string of the molecule is C[C@@H]1CN([C@H](C)CO)C(=O)c2cc(C=Cc3ccccc3)cnc2O[C@@H]1CN(C)C(=O)NC1CCCCC1. The van der Waals surface area contributed by atoms with E-state index in [0.717, 1.165) is 36.8 Å². The number of ether oxygens (including phenoxy) is 1. The molecule has 1 aliphatic carbocycles. The first-order chi connectivity index (χ1) is 18.4. The van der Waals surface area contributed by atoms with Crippen LogP contribution in [-0.4, -0.2) is 76.8 Å². The monoisotopic (exact) mass is 520 g/mol. The Morgan fingerprint density at radius 2 is 1.92 bits per heavy atom. The maximum absolute atomic E-state index is 13.6. The molecule has 1 fully saturated rings. The normalized spacial score (nSPS) is 21.3. The van der Waals surface area contributed by atoms with Gasteiger partial charge in [-0.25, -0.2) is 9.78 Å². The number of carbonyl (C=O) groups excluding carboxylic acids is 2.